The summed E-state index contributed by atoms with van der Waals surface area (Å²) in [6.45, 7) is 1.79. The van der Waals surface area contributed by atoms with Crippen LogP contribution in [0.1, 0.15) is 30.1 Å². The minimum atomic E-state index is -0.563. The Hall–Kier alpha value is -1.71. The quantitative estimate of drug-likeness (QED) is 0.550. The van der Waals surface area contributed by atoms with E-state index in [0.29, 0.717) is 19.1 Å². The minimum Gasteiger partial charge on any atom is -0.491 e. The fourth-order valence-corrected chi connectivity index (χ4v) is 1.21. The molecular weight excluding hydrogens is 211 g/mol. The van der Waals surface area contributed by atoms with Gasteiger partial charge in [0.1, 0.15) is 12.1 Å². The minimum absolute atomic E-state index is 0.0837. The Bertz CT molecular complexity index is 388. The molecule has 3 nitrogen and oxygen atoms in total. The molecule has 0 heterocycles. The second-order valence-corrected chi connectivity index (χ2v) is 3.46. The number of carbonyl (C=O) groups excluding carboxylic acids is 2. The van der Waals surface area contributed by atoms with E-state index in [1.807, 2.05) is 0 Å². The number of benzene rings is 1. The summed E-state index contributed by atoms with van der Waals surface area (Å²) in [6, 6.07) is 4.01. The molecule has 0 amide bonds. The van der Waals surface area contributed by atoms with Gasteiger partial charge in [0.2, 0.25) is 0 Å². The van der Waals surface area contributed by atoms with Crippen LogP contribution in [0, 0.1) is 5.82 Å². The van der Waals surface area contributed by atoms with Gasteiger partial charge in [-0.05, 0) is 31.5 Å². The molecule has 4 heteroatoms. The van der Waals surface area contributed by atoms with E-state index in [2.05, 4.69) is 0 Å². The molecule has 0 aliphatic heterocycles. The van der Waals surface area contributed by atoms with Crippen LogP contribution in [0.25, 0.3) is 0 Å². The molecule has 0 unspecified atom stereocenters. The zero-order valence-corrected chi connectivity index (χ0v) is 9.03. The monoisotopic (exact) mass is 224 g/mol. The Kier molecular flexibility index (Phi) is 4.64. The lowest BCUT2D eigenvalue weighted by molar-refractivity contribution is -0.117. The summed E-state index contributed by atoms with van der Waals surface area (Å²) >= 11 is 0. The van der Waals surface area contributed by atoms with Crippen molar-refractivity contribution in [2.75, 3.05) is 6.61 Å². The summed E-state index contributed by atoms with van der Waals surface area (Å²) < 4.78 is 18.4. The largest absolute Gasteiger partial charge is 0.491 e. The number of hydrogen-bond donors (Lipinski definition) is 0. The summed E-state index contributed by atoms with van der Waals surface area (Å²) in [5, 5.41) is 0. The SMILES string of the molecule is CC(=O)CCCOc1ccc(C=O)cc1F. The van der Waals surface area contributed by atoms with E-state index in [1.165, 1.54) is 19.1 Å². The Morgan fingerprint density at radius 3 is 2.81 bits per heavy atom. The molecule has 0 atom stereocenters. The maximum atomic E-state index is 13.3. The average Bonchev–Trinajstić information content (AvgIpc) is 2.25. The molecule has 0 bridgehead atoms. The zero-order valence-electron chi connectivity index (χ0n) is 9.03. The van der Waals surface area contributed by atoms with Gasteiger partial charge in [-0.2, -0.15) is 0 Å². The van der Waals surface area contributed by atoms with Crippen molar-refractivity contribution in [3.8, 4) is 5.75 Å². The molecule has 16 heavy (non-hydrogen) atoms. The van der Waals surface area contributed by atoms with Gasteiger partial charge in [0.25, 0.3) is 0 Å². The Labute approximate surface area is 93.2 Å². The molecule has 0 saturated heterocycles. The predicted octanol–water partition coefficient (Wildman–Crippen LogP) is 2.39. The second kappa shape index (κ2) is 6.00. The van der Waals surface area contributed by atoms with Crippen LogP contribution in [0.5, 0.6) is 5.75 Å². The maximum absolute atomic E-state index is 13.3. The van der Waals surface area contributed by atoms with Crippen molar-refractivity contribution in [2.24, 2.45) is 0 Å². The fraction of sp³-hybridized carbons (Fsp3) is 0.333. The van der Waals surface area contributed by atoms with Gasteiger partial charge < -0.3 is 9.53 Å². The number of ketones is 1. The molecule has 0 aromatic heterocycles. The van der Waals surface area contributed by atoms with Gasteiger partial charge in [-0.25, -0.2) is 4.39 Å². The first-order valence-electron chi connectivity index (χ1n) is 5.00. The Morgan fingerprint density at radius 1 is 1.50 bits per heavy atom. The molecule has 0 fully saturated rings. The van der Waals surface area contributed by atoms with Crippen LogP contribution in [-0.2, 0) is 4.79 Å². The molecule has 1 rings (SSSR count). The summed E-state index contributed by atoms with van der Waals surface area (Å²) in [5.41, 5.74) is 0.272. The van der Waals surface area contributed by atoms with Crippen LogP contribution in [0.4, 0.5) is 4.39 Å². The van der Waals surface area contributed by atoms with E-state index in [4.69, 9.17) is 4.74 Å². The number of hydrogen-bond acceptors (Lipinski definition) is 3. The number of Topliss-reactive ketones (excluding diaryl/α,β-unsaturated/α-hetero) is 1. The number of ether oxygens (including phenoxy) is 1. The first-order valence-corrected chi connectivity index (χ1v) is 5.00. The summed E-state index contributed by atoms with van der Waals surface area (Å²) in [6.07, 6.45) is 1.56. The van der Waals surface area contributed by atoms with Crippen LogP contribution in [0.2, 0.25) is 0 Å². The van der Waals surface area contributed by atoms with Gasteiger partial charge in [0.05, 0.1) is 6.61 Å². The second-order valence-electron chi connectivity index (χ2n) is 3.46. The van der Waals surface area contributed by atoms with Gasteiger partial charge in [0.15, 0.2) is 11.6 Å². The third-order valence-corrected chi connectivity index (χ3v) is 2.02. The zero-order chi connectivity index (χ0) is 12.0. The highest BCUT2D eigenvalue weighted by molar-refractivity contribution is 5.75. The lowest BCUT2D eigenvalue weighted by Gasteiger charge is -2.06. The molecular formula is C12H13FO3. The molecule has 0 N–H and O–H groups in total. The van der Waals surface area contributed by atoms with Crippen molar-refractivity contribution < 1.29 is 18.7 Å². The Balaban J connectivity index is 2.48. The normalized spacial score (nSPS) is 9.88. The molecule has 0 radical (unpaired) electrons. The van der Waals surface area contributed by atoms with Crippen molar-refractivity contribution >= 4 is 12.1 Å². The third kappa shape index (κ3) is 3.81. The molecule has 86 valence electrons. The molecule has 1 aromatic rings. The lowest BCUT2D eigenvalue weighted by atomic mass is 10.2. The molecule has 0 saturated carbocycles. The molecule has 0 aliphatic carbocycles. The topological polar surface area (TPSA) is 43.4 Å². The van der Waals surface area contributed by atoms with Crippen molar-refractivity contribution in [3.63, 3.8) is 0 Å². The van der Waals surface area contributed by atoms with E-state index in [-0.39, 0.29) is 23.7 Å². The first kappa shape index (κ1) is 12.4. The molecule has 0 aliphatic rings. The van der Waals surface area contributed by atoms with Crippen LogP contribution in [0.15, 0.2) is 18.2 Å². The van der Waals surface area contributed by atoms with Crippen LogP contribution in [-0.4, -0.2) is 18.7 Å². The van der Waals surface area contributed by atoms with Crippen molar-refractivity contribution in [2.45, 2.75) is 19.8 Å². The van der Waals surface area contributed by atoms with E-state index >= 15 is 0 Å². The maximum Gasteiger partial charge on any atom is 0.165 e. The summed E-state index contributed by atoms with van der Waals surface area (Å²) in [5.74, 6) is -0.373. The first-order chi connectivity index (χ1) is 7.63. The number of rotatable bonds is 6. The predicted molar refractivity (Wildman–Crippen MR) is 57.2 cm³/mol. The third-order valence-electron chi connectivity index (χ3n) is 2.02. The van der Waals surface area contributed by atoms with Gasteiger partial charge in [0, 0.05) is 12.0 Å². The lowest BCUT2D eigenvalue weighted by Crippen LogP contribution is -2.02. The highest BCUT2D eigenvalue weighted by Gasteiger charge is 2.04. The van der Waals surface area contributed by atoms with E-state index < -0.39 is 5.82 Å². The van der Waals surface area contributed by atoms with Crippen LogP contribution < -0.4 is 4.74 Å². The number of carbonyl (C=O) groups is 2. The van der Waals surface area contributed by atoms with Crippen LogP contribution in [0.3, 0.4) is 0 Å². The van der Waals surface area contributed by atoms with Gasteiger partial charge in [-0.15, -0.1) is 0 Å². The molecule has 1 aromatic carbocycles. The Morgan fingerprint density at radius 2 is 2.25 bits per heavy atom. The van der Waals surface area contributed by atoms with Gasteiger partial charge in [-0.3, -0.25) is 4.79 Å². The van der Waals surface area contributed by atoms with Crippen molar-refractivity contribution in [3.05, 3.63) is 29.6 Å². The smallest absolute Gasteiger partial charge is 0.165 e. The number of halogens is 1. The van der Waals surface area contributed by atoms with Crippen LogP contribution >= 0.6 is 0 Å². The van der Waals surface area contributed by atoms with Crippen molar-refractivity contribution in [1.82, 2.24) is 0 Å². The standard InChI is InChI=1S/C12H13FO3/c1-9(15)3-2-6-16-12-5-4-10(8-14)7-11(12)13/h4-5,7-8H,2-3,6H2,1H3. The average molecular weight is 224 g/mol. The van der Waals surface area contributed by atoms with Gasteiger partial charge in [-0.1, -0.05) is 0 Å². The van der Waals surface area contributed by atoms with Crippen molar-refractivity contribution in [1.29, 1.82) is 0 Å². The number of aldehydes is 1. The highest BCUT2D eigenvalue weighted by atomic mass is 19.1. The van der Waals surface area contributed by atoms with E-state index in [9.17, 15) is 14.0 Å². The van der Waals surface area contributed by atoms with E-state index in [1.54, 1.807) is 0 Å². The highest BCUT2D eigenvalue weighted by Crippen LogP contribution is 2.17. The summed E-state index contributed by atoms with van der Waals surface area (Å²) in [7, 11) is 0. The van der Waals surface area contributed by atoms with Gasteiger partial charge >= 0.3 is 0 Å². The molecule has 0 spiro atoms. The van der Waals surface area contributed by atoms with E-state index in [0.717, 1.165) is 6.07 Å². The summed E-state index contributed by atoms with van der Waals surface area (Å²) in [4.78, 5) is 21.0. The fourth-order valence-electron chi connectivity index (χ4n) is 1.21.